The number of rotatable bonds is 8. The van der Waals surface area contributed by atoms with E-state index >= 15 is 0 Å². The zero-order valence-electron chi connectivity index (χ0n) is 19.0. The fourth-order valence-corrected chi connectivity index (χ4v) is 1.12. The molecule has 0 spiro atoms. The smallest absolute Gasteiger partial charge is 0.159 e. The summed E-state index contributed by atoms with van der Waals surface area (Å²) in [4.78, 5) is 0. The van der Waals surface area contributed by atoms with Gasteiger partial charge in [-0.15, -0.1) is 24.8 Å². The molecule has 2 unspecified atom stereocenters. The van der Waals surface area contributed by atoms with Gasteiger partial charge in [0.25, 0.3) is 0 Å². The van der Waals surface area contributed by atoms with Crippen LogP contribution < -0.4 is 11.5 Å². The van der Waals surface area contributed by atoms with Crippen LogP contribution >= 0.6 is 24.8 Å². The Hall–Kier alpha value is -2.30. The number of hydrogen-bond donors (Lipinski definition) is 4. The van der Waals surface area contributed by atoms with Gasteiger partial charge in [-0.3, -0.25) is 10.8 Å². The average Bonchev–Trinajstić information content (AvgIpc) is 2.57. The minimum absolute atomic E-state index is 0. The molecule has 0 saturated carbocycles. The number of azo groups is 2. The molecule has 0 aliphatic carbocycles. The summed E-state index contributed by atoms with van der Waals surface area (Å²) in [5.41, 5.74) is 8.96. The normalized spacial score (nSPS) is 13.3. The van der Waals surface area contributed by atoms with E-state index in [4.69, 9.17) is 32.8 Å². The lowest BCUT2D eigenvalue weighted by atomic mass is 10.1. The molecule has 0 fully saturated rings. The van der Waals surface area contributed by atoms with Crippen molar-refractivity contribution < 1.29 is 0 Å². The highest BCUT2D eigenvalue weighted by Gasteiger charge is 2.25. The summed E-state index contributed by atoms with van der Waals surface area (Å²) in [6.45, 7) is 14.3. The van der Waals surface area contributed by atoms with E-state index in [1.54, 1.807) is 27.7 Å². The van der Waals surface area contributed by atoms with E-state index in [0.717, 1.165) is 0 Å². The predicted octanol–water partition coefficient (Wildman–Crippen LogP) is 4.25. The second-order valence-corrected chi connectivity index (χ2v) is 8.01. The maximum Gasteiger partial charge on any atom is 0.159 e. The molecule has 6 N–H and O–H groups in total. The summed E-state index contributed by atoms with van der Waals surface area (Å²) in [6.07, 6.45) is 0. The molecule has 0 aliphatic rings. The van der Waals surface area contributed by atoms with Crippen molar-refractivity contribution in [3.05, 3.63) is 0 Å². The zero-order chi connectivity index (χ0) is 22.7. The largest absolute Gasteiger partial charge is 0.386 e. The molecule has 0 saturated heterocycles. The molecular weight excluding hydrogens is 427 g/mol. The van der Waals surface area contributed by atoms with Gasteiger partial charge in [-0.1, -0.05) is 27.7 Å². The van der Waals surface area contributed by atoms with Crippen LogP contribution in [0, 0.1) is 45.3 Å². The van der Waals surface area contributed by atoms with E-state index in [9.17, 15) is 0 Å². The van der Waals surface area contributed by atoms with Crippen molar-refractivity contribution in [1.29, 1.82) is 21.3 Å². The minimum Gasteiger partial charge on any atom is -0.386 e. The first-order chi connectivity index (χ1) is 12.6. The lowest BCUT2D eigenvalue weighted by Gasteiger charge is -2.20. The Morgan fingerprint density at radius 3 is 1.10 bits per heavy atom. The molecule has 12 heteroatoms. The monoisotopic (exact) mass is 462 g/mol. The Morgan fingerprint density at radius 2 is 0.967 bits per heavy atom. The standard InChI is InChI=1S/C10H16N4.C8H18N6.2ClH/c1-7(2)9(5-11)13-14-10(6-12)8(3)4;1-7(2,5(9)10)13-14-8(3,4)6(11)12;;/h7-10H,1-4H3;1-4H3,(H3,9,10)(H3,11,12);2*1H/b2*14-13+;;. The number of amidine groups is 2. The molecule has 0 aromatic heterocycles. The molecule has 0 aromatic carbocycles. The number of nitrogens with one attached hydrogen (secondary N) is 2. The number of nitriles is 2. The van der Waals surface area contributed by atoms with Crippen LogP contribution in [0.3, 0.4) is 0 Å². The SMILES string of the molecule is CC(C)(/N=N/C(C)(C)C(=N)N)C(=N)N.CC(C)C(C#N)/N=N/C(C#N)C(C)C.Cl.Cl. The highest BCUT2D eigenvalue weighted by Crippen LogP contribution is 2.15. The molecule has 0 rings (SSSR count). The molecule has 172 valence electrons. The van der Waals surface area contributed by atoms with Gasteiger partial charge >= 0.3 is 0 Å². The van der Waals surface area contributed by atoms with Gasteiger partial charge in [-0.05, 0) is 39.5 Å². The molecule has 0 aromatic rings. The van der Waals surface area contributed by atoms with Gasteiger partial charge in [0, 0.05) is 0 Å². The molecule has 10 nitrogen and oxygen atoms in total. The summed E-state index contributed by atoms with van der Waals surface area (Å²) < 4.78 is 0. The molecule has 30 heavy (non-hydrogen) atoms. The Balaban J connectivity index is -0.000000211. The van der Waals surface area contributed by atoms with Crippen LogP contribution in [0.5, 0.6) is 0 Å². The van der Waals surface area contributed by atoms with Gasteiger partial charge in [0.15, 0.2) is 12.1 Å². The van der Waals surface area contributed by atoms with Gasteiger partial charge in [0.05, 0.1) is 12.1 Å². The Labute approximate surface area is 192 Å². The van der Waals surface area contributed by atoms with Crippen LogP contribution in [0.4, 0.5) is 0 Å². The maximum absolute atomic E-state index is 8.73. The fraction of sp³-hybridized carbons (Fsp3) is 0.778. The quantitative estimate of drug-likeness (QED) is 0.237. The second-order valence-electron chi connectivity index (χ2n) is 8.01. The first-order valence-electron chi connectivity index (χ1n) is 8.94. The van der Waals surface area contributed by atoms with Crippen LogP contribution in [0.1, 0.15) is 55.4 Å². The molecule has 0 radical (unpaired) electrons. The first kappa shape index (κ1) is 35.2. The molecule has 0 amide bonds. The lowest BCUT2D eigenvalue weighted by molar-refractivity contribution is 0.507. The molecular formula is C18H36Cl2N10. The topological polar surface area (TPSA) is 197 Å². The van der Waals surface area contributed by atoms with Crippen molar-refractivity contribution in [2.45, 2.75) is 78.6 Å². The lowest BCUT2D eigenvalue weighted by Crippen LogP contribution is -2.38. The van der Waals surface area contributed by atoms with E-state index in [1.165, 1.54) is 0 Å². The van der Waals surface area contributed by atoms with Crippen molar-refractivity contribution in [2.24, 2.45) is 43.8 Å². The highest BCUT2D eigenvalue weighted by molar-refractivity contribution is 5.87. The van der Waals surface area contributed by atoms with Gasteiger partial charge in [0.2, 0.25) is 0 Å². The van der Waals surface area contributed by atoms with Crippen LogP contribution in [-0.4, -0.2) is 34.8 Å². The molecule has 2 atom stereocenters. The van der Waals surface area contributed by atoms with E-state index in [2.05, 4.69) is 32.6 Å². The fourth-order valence-electron chi connectivity index (χ4n) is 1.12. The summed E-state index contributed by atoms with van der Waals surface area (Å²) in [6, 6.07) is 3.22. The predicted molar refractivity (Wildman–Crippen MR) is 125 cm³/mol. The Morgan fingerprint density at radius 1 is 0.733 bits per heavy atom. The minimum atomic E-state index is -0.841. The van der Waals surface area contributed by atoms with Gasteiger partial charge in [0.1, 0.15) is 22.7 Å². The van der Waals surface area contributed by atoms with E-state index in [-0.39, 0.29) is 48.3 Å². The van der Waals surface area contributed by atoms with Crippen molar-refractivity contribution in [3.8, 4) is 12.1 Å². The van der Waals surface area contributed by atoms with Crippen molar-refractivity contribution in [2.75, 3.05) is 0 Å². The summed E-state index contributed by atoms with van der Waals surface area (Å²) in [5, 5.41) is 47.5. The van der Waals surface area contributed by atoms with Crippen molar-refractivity contribution >= 4 is 36.5 Å². The summed E-state index contributed by atoms with van der Waals surface area (Å²) in [5.74, 6) is 0.131. The first-order valence-corrected chi connectivity index (χ1v) is 8.94. The summed E-state index contributed by atoms with van der Waals surface area (Å²) in [7, 11) is 0. The average molecular weight is 463 g/mol. The van der Waals surface area contributed by atoms with Crippen LogP contribution in [0.15, 0.2) is 20.5 Å². The summed E-state index contributed by atoms with van der Waals surface area (Å²) >= 11 is 0. The Kier molecular flexibility index (Phi) is 18.2. The number of nitrogens with zero attached hydrogens (tertiary/aromatic N) is 6. The number of nitrogens with two attached hydrogens (primary N) is 2. The number of hydrogen-bond acceptors (Lipinski definition) is 8. The third-order valence-corrected chi connectivity index (χ3v) is 3.71. The van der Waals surface area contributed by atoms with Crippen molar-refractivity contribution in [3.63, 3.8) is 0 Å². The highest BCUT2D eigenvalue weighted by atomic mass is 35.5. The molecule has 0 aliphatic heterocycles. The van der Waals surface area contributed by atoms with Gasteiger partial charge < -0.3 is 11.5 Å². The molecule has 0 bridgehead atoms. The van der Waals surface area contributed by atoms with Gasteiger partial charge in [-0.25, -0.2) is 0 Å². The maximum atomic E-state index is 8.73. The van der Waals surface area contributed by atoms with Gasteiger partial charge in [-0.2, -0.15) is 31.0 Å². The van der Waals surface area contributed by atoms with Crippen molar-refractivity contribution in [1.82, 2.24) is 0 Å². The third-order valence-electron chi connectivity index (χ3n) is 3.71. The van der Waals surface area contributed by atoms with Crippen LogP contribution in [-0.2, 0) is 0 Å². The number of halogens is 2. The third kappa shape index (κ3) is 13.8. The van der Waals surface area contributed by atoms with E-state index in [1.807, 2.05) is 27.7 Å². The van der Waals surface area contributed by atoms with E-state index < -0.39 is 23.2 Å². The Bertz CT molecular complexity index is 613. The molecule has 0 heterocycles. The van der Waals surface area contributed by atoms with E-state index in [0.29, 0.717) is 0 Å². The zero-order valence-corrected chi connectivity index (χ0v) is 20.6. The second kappa shape index (κ2) is 15.5. The van der Waals surface area contributed by atoms with Crippen LogP contribution in [0.2, 0.25) is 0 Å². The van der Waals surface area contributed by atoms with Crippen LogP contribution in [0.25, 0.3) is 0 Å².